The standard InChI is InChI=1S/C20H27N5O/c1-15-4-6-16(7-5-15)12-22-20(26)17-8-10-25(11-9-17)18-13-21-14-23-19(18)24(2)3/h4-7,13-14,17H,8-12H2,1-3H3,(H,22,26). The van der Waals surface area contributed by atoms with Gasteiger partial charge in [0.2, 0.25) is 5.91 Å². The molecule has 2 heterocycles. The minimum Gasteiger partial charge on any atom is -0.367 e. The van der Waals surface area contributed by atoms with Gasteiger partial charge in [0, 0.05) is 39.6 Å². The maximum absolute atomic E-state index is 12.5. The smallest absolute Gasteiger partial charge is 0.223 e. The summed E-state index contributed by atoms with van der Waals surface area (Å²) in [6.45, 7) is 4.35. The van der Waals surface area contributed by atoms with Crippen LogP contribution in [0.4, 0.5) is 11.5 Å². The van der Waals surface area contributed by atoms with E-state index >= 15 is 0 Å². The number of aromatic nitrogens is 2. The van der Waals surface area contributed by atoms with Crippen LogP contribution in [0.1, 0.15) is 24.0 Å². The minimum atomic E-state index is 0.0733. The summed E-state index contributed by atoms with van der Waals surface area (Å²) in [4.78, 5) is 25.3. The number of anilines is 2. The van der Waals surface area contributed by atoms with Gasteiger partial charge < -0.3 is 15.1 Å². The third-order valence-corrected chi connectivity index (χ3v) is 4.89. The zero-order valence-electron chi connectivity index (χ0n) is 15.8. The molecule has 6 nitrogen and oxygen atoms in total. The number of carbonyl (C=O) groups excluding carboxylic acids is 1. The number of hydrogen-bond donors (Lipinski definition) is 1. The van der Waals surface area contributed by atoms with E-state index in [0.29, 0.717) is 6.54 Å². The van der Waals surface area contributed by atoms with Crippen molar-refractivity contribution in [3.8, 4) is 0 Å². The molecular formula is C20H27N5O. The Morgan fingerprint density at radius 1 is 1.23 bits per heavy atom. The fourth-order valence-electron chi connectivity index (χ4n) is 3.31. The third kappa shape index (κ3) is 4.31. The molecule has 0 aliphatic carbocycles. The lowest BCUT2D eigenvalue weighted by atomic mass is 9.95. The molecule has 138 valence electrons. The summed E-state index contributed by atoms with van der Waals surface area (Å²) in [5.74, 6) is 1.15. The highest BCUT2D eigenvalue weighted by molar-refractivity contribution is 5.79. The lowest BCUT2D eigenvalue weighted by molar-refractivity contribution is -0.125. The normalized spacial score (nSPS) is 15.0. The Morgan fingerprint density at radius 2 is 1.92 bits per heavy atom. The van der Waals surface area contributed by atoms with E-state index in [0.717, 1.165) is 43.0 Å². The average Bonchev–Trinajstić information content (AvgIpc) is 2.67. The molecule has 1 aromatic heterocycles. The molecule has 0 unspecified atom stereocenters. The molecule has 0 spiro atoms. The van der Waals surface area contributed by atoms with Gasteiger partial charge in [-0.15, -0.1) is 0 Å². The SMILES string of the molecule is Cc1ccc(CNC(=O)C2CCN(c3cncnc3N(C)C)CC2)cc1. The molecule has 0 saturated carbocycles. The second-order valence-corrected chi connectivity index (χ2v) is 7.09. The lowest BCUT2D eigenvalue weighted by Crippen LogP contribution is -2.41. The maximum Gasteiger partial charge on any atom is 0.223 e. The summed E-state index contributed by atoms with van der Waals surface area (Å²) in [6, 6.07) is 8.28. The predicted octanol–water partition coefficient (Wildman–Crippen LogP) is 2.38. The van der Waals surface area contributed by atoms with Crippen LogP contribution in [0.25, 0.3) is 0 Å². The molecule has 6 heteroatoms. The molecule has 3 rings (SSSR count). The molecule has 1 aromatic carbocycles. The Hall–Kier alpha value is -2.63. The molecular weight excluding hydrogens is 326 g/mol. The molecule has 0 atom stereocenters. The van der Waals surface area contributed by atoms with Crippen molar-refractivity contribution in [1.29, 1.82) is 0 Å². The van der Waals surface area contributed by atoms with E-state index in [2.05, 4.69) is 51.4 Å². The van der Waals surface area contributed by atoms with Gasteiger partial charge in [-0.25, -0.2) is 9.97 Å². The van der Waals surface area contributed by atoms with Crippen molar-refractivity contribution in [1.82, 2.24) is 15.3 Å². The largest absolute Gasteiger partial charge is 0.367 e. The Morgan fingerprint density at radius 3 is 2.58 bits per heavy atom. The van der Waals surface area contributed by atoms with Gasteiger partial charge >= 0.3 is 0 Å². The summed E-state index contributed by atoms with van der Waals surface area (Å²) in [5.41, 5.74) is 3.41. The number of aryl methyl sites for hydroxylation is 1. The van der Waals surface area contributed by atoms with Gasteiger partial charge in [0.05, 0.1) is 11.9 Å². The highest BCUT2D eigenvalue weighted by Crippen LogP contribution is 2.28. The first-order valence-corrected chi connectivity index (χ1v) is 9.10. The van der Waals surface area contributed by atoms with Crippen molar-refractivity contribution >= 4 is 17.4 Å². The second kappa shape index (κ2) is 8.17. The van der Waals surface area contributed by atoms with Crippen molar-refractivity contribution in [3.63, 3.8) is 0 Å². The average molecular weight is 353 g/mol. The molecule has 1 saturated heterocycles. The maximum atomic E-state index is 12.5. The molecule has 1 aliphatic heterocycles. The van der Waals surface area contributed by atoms with Crippen LogP contribution in [0.2, 0.25) is 0 Å². The molecule has 0 bridgehead atoms. The van der Waals surface area contributed by atoms with Crippen LogP contribution >= 0.6 is 0 Å². The van der Waals surface area contributed by atoms with Gasteiger partial charge in [-0.1, -0.05) is 29.8 Å². The Bertz CT molecular complexity index is 736. The van der Waals surface area contributed by atoms with Crippen LogP contribution in [0, 0.1) is 12.8 Å². The number of rotatable bonds is 5. The minimum absolute atomic E-state index is 0.0733. The monoisotopic (exact) mass is 353 g/mol. The van der Waals surface area contributed by atoms with Gasteiger partial charge in [0.15, 0.2) is 5.82 Å². The van der Waals surface area contributed by atoms with E-state index in [1.165, 1.54) is 5.56 Å². The van der Waals surface area contributed by atoms with Crippen LogP contribution in [-0.2, 0) is 11.3 Å². The number of piperidine rings is 1. The number of nitrogens with zero attached hydrogens (tertiary/aromatic N) is 4. The van der Waals surface area contributed by atoms with Gasteiger partial charge in [-0.05, 0) is 25.3 Å². The molecule has 0 radical (unpaired) electrons. The quantitative estimate of drug-likeness (QED) is 0.894. The third-order valence-electron chi connectivity index (χ3n) is 4.89. The highest BCUT2D eigenvalue weighted by atomic mass is 16.1. The van der Waals surface area contributed by atoms with Crippen LogP contribution in [0.5, 0.6) is 0 Å². The molecule has 1 N–H and O–H groups in total. The van der Waals surface area contributed by atoms with Crippen molar-refractivity contribution in [2.75, 3.05) is 37.0 Å². The second-order valence-electron chi connectivity index (χ2n) is 7.09. The number of amides is 1. The fraction of sp³-hybridized carbons (Fsp3) is 0.450. The van der Waals surface area contributed by atoms with Crippen LogP contribution < -0.4 is 15.1 Å². The summed E-state index contributed by atoms with van der Waals surface area (Å²) < 4.78 is 0. The fourth-order valence-corrected chi connectivity index (χ4v) is 3.31. The number of carbonyl (C=O) groups is 1. The van der Waals surface area contributed by atoms with Crippen molar-refractivity contribution in [2.45, 2.75) is 26.3 Å². The van der Waals surface area contributed by atoms with E-state index < -0.39 is 0 Å². The Kier molecular flexibility index (Phi) is 5.71. The first-order chi connectivity index (χ1) is 12.5. The van der Waals surface area contributed by atoms with Gasteiger partial charge in [-0.2, -0.15) is 0 Å². The van der Waals surface area contributed by atoms with Crippen molar-refractivity contribution in [2.24, 2.45) is 5.92 Å². The summed E-state index contributed by atoms with van der Waals surface area (Å²) >= 11 is 0. The van der Waals surface area contributed by atoms with E-state index in [-0.39, 0.29) is 11.8 Å². The van der Waals surface area contributed by atoms with Crippen LogP contribution in [-0.4, -0.2) is 43.1 Å². The van der Waals surface area contributed by atoms with E-state index in [1.807, 2.05) is 25.2 Å². The molecule has 1 fully saturated rings. The molecule has 2 aromatic rings. The number of benzene rings is 1. The van der Waals surface area contributed by atoms with Gasteiger partial charge in [0.1, 0.15) is 6.33 Å². The van der Waals surface area contributed by atoms with Gasteiger partial charge in [0.25, 0.3) is 0 Å². The Labute approximate surface area is 155 Å². The van der Waals surface area contributed by atoms with E-state index in [4.69, 9.17) is 0 Å². The summed E-state index contributed by atoms with van der Waals surface area (Å²) in [5, 5.41) is 3.08. The van der Waals surface area contributed by atoms with Crippen LogP contribution in [0.3, 0.4) is 0 Å². The number of hydrogen-bond acceptors (Lipinski definition) is 5. The topological polar surface area (TPSA) is 61.4 Å². The Balaban J connectivity index is 1.53. The van der Waals surface area contributed by atoms with Crippen molar-refractivity contribution < 1.29 is 4.79 Å². The van der Waals surface area contributed by atoms with Gasteiger partial charge in [-0.3, -0.25) is 4.79 Å². The summed E-state index contributed by atoms with van der Waals surface area (Å²) in [7, 11) is 3.97. The first kappa shape index (κ1) is 18.2. The highest BCUT2D eigenvalue weighted by Gasteiger charge is 2.26. The van der Waals surface area contributed by atoms with E-state index in [9.17, 15) is 4.79 Å². The van der Waals surface area contributed by atoms with E-state index in [1.54, 1.807) is 6.33 Å². The van der Waals surface area contributed by atoms with Crippen LogP contribution in [0.15, 0.2) is 36.8 Å². The predicted molar refractivity (Wildman–Crippen MR) is 104 cm³/mol. The zero-order valence-corrected chi connectivity index (χ0v) is 15.8. The van der Waals surface area contributed by atoms with Crippen molar-refractivity contribution in [3.05, 3.63) is 47.9 Å². The number of nitrogens with one attached hydrogen (secondary N) is 1. The lowest BCUT2D eigenvalue weighted by Gasteiger charge is -2.34. The molecule has 1 amide bonds. The zero-order chi connectivity index (χ0) is 18.5. The first-order valence-electron chi connectivity index (χ1n) is 9.10. The molecule has 1 aliphatic rings. The molecule has 26 heavy (non-hydrogen) atoms. The summed E-state index contributed by atoms with van der Waals surface area (Å²) in [6.07, 6.45) is 5.13.